The number of carbonyl (C=O) groups is 1. The molecular weight excluding hydrogens is 428 g/mol. The first-order valence-electron chi connectivity index (χ1n) is 10.1. The van der Waals surface area contributed by atoms with Crippen molar-refractivity contribution in [3.8, 4) is 11.5 Å². The third-order valence-electron chi connectivity index (χ3n) is 5.65. The third-order valence-corrected chi connectivity index (χ3v) is 5.89. The van der Waals surface area contributed by atoms with Crippen LogP contribution in [0.4, 0.5) is 0 Å². The number of esters is 1. The highest BCUT2D eigenvalue weighted by Crippen LogP contribution is 2.46. The molecule has 0 saturated heterocycles. The Balaban J connectivity index is 1.54. The van der Waals surface area contributed by atoms with Crippen LogP contribution in [0.5, 0.6) is 11.5 Å². The largest absolute Gasteiger partial charge is 0.497 e. The molecule has 0 amide bonds. The molecule has 0 fully saturated rings. The lowest BCUT2D eigenvalue weighted by molar-refractivity contribution is -0.0326. The highest BCUT2D eigenvalue weighted by atomic mass is 35.5. The SMILES string of the molecule is COC(=O)c1ccc(C2Oc3ccc(Cl)cc3C3C=C(c4cccc(OC)c4)NN32)cc1. The molecule has 2 unspecified atom stereocenters. The summed E-state index contributed by atoms with van der Waals surface area (Å²) in [6.07, 6.45) is 1.74. The van der Waals surface area contributed by atoms with Crippen molar-refractivity contribution in [2.24, 2.45) is 0 Å². The molecule has 7 heteroatoms. The van der Waals surface area contributed by atoms with Crippen molar-refractivity contribution in [3.63, 3.8) is 0 Å². The summed E-state index contributed by atoms with van der Waals surface area (Å²) in [5.74, 6) is 1.17. The number of benzene rings is 3. The van der Waals surface area contributed by atoms with Gasteiger partial charge in [0.15, 0.2) is 6.23 Å². The van der Waals surface area contributed by atoms with E-state index in [0.717, 1.165) is 33.9 Å². The van der Waals surface area contributed by atoms with Gasteiger partial charge in [-0.1, -0.05) is 35.9 Å². The normalized spacial score (nSPS) is 19.2. The van der Waals surface area contributed by atoms with Crippen LogP contribution in [0.2, 0.25) is 5.02 Å². The average molecular weight is 449 g/mol. The molecule has 2 atom stereocenters. The van der Waals surface area contributed by atoms with Crippen LogP contribution in [0.1, 0.15) is 39.3 Å². The smallest absolute Gasteiger partial charge is 0.337 e. The molecule has 3 aromatic carbocycles. The Hall–Kier alpha value is -3.48. The summed E-state index contributed by atoms with van der Waals surface area (Å²) in [4.78, 5) is 11.8. The Morgan fingerprint density at radius 1 is 1.06 bits per heavy atom. The molecule has 1 N–H and O–H groups in total. The zero-order chi connectivity index (χ0) is 22.2. The van der Waals surface area contributed by atoms with Gasteiger partial charge >= 0.3 is 5.97 Å². The quantitative estimate of drug-likeness (QED) is 0.558. The first-order chi connectivity index (χ1) is 15.6. The predicted molar refractivity (Wildman–Crippen MR) is 121 cm³/mol. The number of fused-ring (bicyclic) bond motifs is 3. The molecule has 0 radical (unpaired) electrons. The monoisotopic (exact) mass is 448 g/mol. The Morgan fingerprint density at radius 3 is 2.62 bits per heavy atom. The minimum absolute atomic E-state index is 0.0936. The second kappa shape index (κ2) is 8.22. The van der Waals surface area contributed by atoms with Crippen LogP contribution in [0.3, 0.4) is 0 Å². The molecule has 32 heavy (non-hydrogen) atoms. The van der Waals surface area contributed by atoms with Crippen LogP contribution in [-0.4, -0.2) is 25.2 Å². The number of ether oxygens (including phenoxy) is 3. The summed E-state index contributed by atoms with van der Waals surface area (Å²) < 4.78 is 16.6. The molecule has 0 bridgehead atoms. The molecular formula is C25H21ClN2O4. The second-order valence-corrected chi connectivity index (χ2v) is 7.98. The van der Waals surface area contributed by atoms with Gasteiger partial charge in [-0.25, -0.2) is 4.79 Å². The number of hydrogen-bond donors (Lipinski definition) is 1. The molecule has 162 valence electrons. The highest BCUT2D eigenvalue weighted by Gasteiger charge is 2.40. The third kappa shape index (κ3) is 3.57. The molecule has 0 spiro atoms. The number of methoxy groups -OCH3 is 2. The number of halogens is 1. The fourth-order valence-corrected chi connectivity index (χ4v) is 4.23. The van der Waals surface area contributed by atoms with E-state index in [1.807, 2.05) is 59.6 Å². The Bertz CT molecular complexity index is 1210. The van der Waals surface area contributed by atoms with Crippen LogP contribution in [0, 0.1) is 0 Å². The minimum atomic E-state index is -0.417. The maximum absolute atomic E-state index is 11.8. The zero-order valence-corrected chi connectivity index (χ0v) is 18.3. The van der Waals surface area contributed by atoms with Crippen LogP contribution in [0.15, 0.2) is 72.8 Å². The maximum atomic E-state index is 11.8. The van der Waals surface area contributed by atoms with E-state index in [9.17, 15) is 4.79 Å². The zero-order valence-electron chi connectivity index (χ0n) is 17.5. The van der Waals surface area contributed by atoms with Crippen molar-refractivity contribution in [1.29, 1.82) is 0 Å². The number of nitrogens with one attached hydrogen (secondary N) is 1. The van der Waals surface area contributed by atoms with E-state index in [1.165, 1.54) is 7.11 Å². The van der Waals surface area contributed by atoms with Crippen molar-refractivity contribution in [2.45, 2.75) is 12.3 Å². The van der Waals surface area contributed by atoms with E-state index in [1.54, 1.807) is 19.2 Å². The van der Waals surface area contributed by atoms with Crippen molar-refractivity contribution in [2.75, 3.05) is 14.2 Å². The molecule has 2 heterocycles. The molecule has 3 aromatic rings. The fraction of sp³-hybridized carbons (Fsp3) is 0.160. The van der Waals surface area contributed by atoms with Crippen LogP contribution >= 0.6 is 11.6 Å². The molecule has 2 aliphatic heterocycles. The van der Waals surface area contributed by atoms with Gasteiger partial charge in [0, 0.05) is 21.7 Å². The van der Waals surface area contributed by atoms with E-state index < -0.39 is 6.23 Å². The average Bonchev–Trinajstić information content (AvgIpc) is 3.29. The number of hydrazine groups is 1. The van der Waals surface area contributed by atoms with Gasteiger partial charge in [0.25, 0.3) is 0 Å². The first-order valence-corrected chi connectivity index (χ1v) is 10.5. The van der Waals surface area contributed by atoms with Gasteiger partial charge in [-0.05, 0) is 48.5 Å². The number of hydrogen-bond acceptors (Lipinski definition) is 6. The van der Waals surface area contributed by atoms with Gasteiger partial charge in [0.1, 0.15) is 11.5 Å². The molecule has 2 aliphatic rings. The van der Waals surface area contributed by atoms with Crippen LogP contribution < -0.4 is 14.9 Å². The van der Waals surface area contributed by atoms with E-state index in [0.29, 0.717) is 10.6 Å². The summed E-state index contributed by atoms with van der Waals surface area (Å²) in [5, 5.41) is 2.69. The fourth-order valence-electron chi connectivity index (χ4n) is 4.04. The van der Waals surface area contributed by atoms with Crippen molar-refractivity contribution >= 4 is 23.3 Å². The van der Waals surface area contributed by atoms with Gasteiger partial charge < -0.3 is 19.6 Å². The molecule has 6 nitrogen and oxygen atoms in total. The van der Waals surface area contributed by atoms with Crippen LogP contribution in [-0.2, 0) is 4.74 Å². The van der Waals surface area contributed by atoms with E-state index in [2.05, 4.69) is 11.5 Å². The molecule has 0 saturated carbocycles. The van der Waals surface area contributed by atoms with Crippen molar-refractivity contribution in [3.05, 3.63) is 100 Å². The predicted octanol–water partition coefficient (Wildman–Crippen LogP) is 5.13. The van der Waals surface area contributed by atoms with Gasteiger partial charge in [-0.15, -0.1) is 0 Å². The number of carbonyl (C=O) groups excluding carboxylic acids is 1. The lowest BCUT2D eigenvalue weighted by atomic mass is 10.0. The maximum Gasteiger partial charge on any atom is 0.337 e. The molecule has 0 aromatic heterocycles. The lowest BCUT2D eigenvalue weighted by Crippen LogP contribution is -2.43. The van der Waals surface area contributed by atoms with Gasteiger partial charge in [-0.3, -0.25) is 0 Å². The van der Waals surface area contributed by atoms with E-state index in [-0.39, 0.29) is 12.0 Å². The lowest BCUT2D eigenvalue weighted by Gasteiger charge is -2.39. The van der Waals surface area contributed by atoms with E-state index >= 15 is 0 Å². The minimum Gasteiger partial charge on any atom is -0.497 e. The summed E-state index contributed by atoms with van der Waals surface area (Å²) in [5.41, 5.74) is 7.81. The van der Waals surface area contributed by atoms with Gasteiger partial charge in [-0.2, -0.15) is 5.01 Å². The summed E-state index contributed by atoms with van der Waals surface area (Å²) >= 11 is 6.30. The summed E-state index contributed by atoms with van der Waals surface area (Å²) in [6.45, 7) is 0. The molecule has 5 rings (SSSR count). The van der Waals surface area contributed by atoms with Crippen LogP contribution in [0.25, 0.3) is 5.70 Å². The summed E-state index contributed by atoms with van der Waals surface area (Å²) in [7, 11) is 3.02. The standard InChI is InChI=1S/C25H21ClN2O4/c1-30-19-5-3-4-17(12-19)21-14-22-20-13-18(26)10-11-23(20)32-24(28(22)27-21)15-6-8-16(9-7-15)25(29)31-2/h3-14,22,24,27H,1-2H3. The molecule has 0 aliphatic carbocycles. The second-order valence-electron chi connectivity index (χ2n) is 7.54. The van der Waals surface area contributed by atoms with E-state index in [4.69, 9.17) is 25.8 Å². The number of rotatable bonds is 4. The van der Waals surface area contributed by atoms with Gasteiger partial charge in [0.2, 0.25) is 0 Å². The summed E-state index contributed by atoms with van der Waals surface area (Å²) in [6, 6.07) is 20.7. The number of nitrogens with zero attached hydrogens (tertiary/aromatic N) is 1. The Morgan fingerprint density at radius 2 is 1.88 bits per heavy atom. The Labute approximate surface area is 190 Å². The van der Waals surface area contributed by atoms with Crippen molar-refractivity contribution < 1.29 is 19.0 Å². The Kier molecular flexibility index (Phi) is 5.25. The first kappa shape index (κ1) is 20.4. The van der Waals surface area contributed by atoms with Gasteiger partial charge in [0.05, 0.1) is 31.5 Å². The highest BCUT2D eigenvalue weighted by molar-refractivity contribution is 6.30. The van der Waals surface area contributed by atoms with Crippen molar-refractivity contribution in [1.82, 2.24) is 10.4 Å². The topological polar surface area (TPSA) is 60.0 Å².